The molecule has 2 aromatic carbocycles. The first-order valence-electron chi connectivity index (χ1n) is 9.63. The maximum absolute atomic E-state index is 13.3. The van der Waals surface area contributed by atoms with Crippen LogP contribution in [-0.2, 0) is 11.2 Å². The summed E-state index contributed by atoms with van der Waals surface area (Å²) in [6.07, 6.45) is 0.396. The SMILES string of the molecule is Cc1ccc(CC(=O)N(CCN(C)C)c2nc3c(C)cc(C)cc3s2)c(C)c1.Cl. The Morgan fingerprint density at radius 3 is 2.31 bits per heavy atom. The molecule has 156 valence electrons. The van der Waals surface area contributed by atoms with Crippen LogP contribution < -0.4 is 4.90 Å². The zero-order valence-corrected chi connectivity index (χ0v) is 19.7. The number of likely N-dealkylation sites (N-methyl/N-ethyl adjacent to an activating group) is 1. The van der Waals surface area contributed by atoms with Crippen molar-refractivity contribution >= 4 is 45.0 Å². The van der Waals surface area contributed by atoms with Gasteiger partial charge in [-0.3, -0.25) is 9.69 Å². The third-order valence-corrected chi connectivity index (χ3v) is 5.99. The standard InChI is InChI=1S/C23H29N3OS.ClH/c1-15-7-8-19(17(3)11-15)14-21(27)26(10-9-25(5)6)23-24-22-18(4)12-16(2)13-20(22)28-23;/h7-8,11-13H,9-10,14H2,1-6H3;1H. The average molecular weight is 432 g/mol. The highest BCUT2D eigenvalue weighted by atomic mass is 35.5. The summed E-state index contributed by atoms with van der Waals surface area (Å²) in [7, 11) is 4.05. The van der Waals surface area contributed by atoms with Crippen LogP contribution in [0.2, 0.25) is 0 Å². The molecule has 0 N–H and O–H groups in total. The molecule has 29 heavy (non-hydrogen) atoms. The minimum atomic E-state index is 0. The number of aryl methyl sites for hydroxylation is 4. The summed E-state index contributed by atoms with van der Waals surface area (Å²) in [5, 5.41) is 0.792. The second-order valence-electron chi connectivity index (χ2n) is 7.88. The number of nitrogens with zero attached hydrogens (tertiary/aromatic N) is 3. The number of hydrogen-bond acceptors (Lipinski definition) is 4. The molecule has 0 spiro atoms. The molecule has 1 heterocycles. The fourth-order valence-electron chi connectivity index (χ4n) is 3.40. The third kappa shape index (κ3) is 5.56. The Kier molecular flexibility index (Phi) is 7.80. The van der Waals surface area contributed by atoms with E-state index in [-0.39, 0.29) is 18.3 Å². The normalized spacial score (nSPS) is 11.0. The number of halogens is 1. The Morgan fingerprint density at radius 1 is 0.966 bits per heavy atom. The van der Waals surface area contributed by atoms with Crippen molar-refractivity contribution < 1.29 is 4.79 Å². The number of anilines is 1. The maximum atomic E-state index is 13.3. The summed E-state index contributed by atoms with van der Waals surface area (Å²) in [6, 6.07) is 10.6. The smallest absolute Gasteiger partial charge is 0.233 e. The largest absolute Gasteiger partial charge is 0.308 e. The topological polar surface area (TPSA) is 36.4 Å². The van der Waals surface area contributed by atoms with Crippen molar-refractivity contribution in [2.75, 3.05) is 32.1 Å². The molecule has 1 aromatic heterocycles. The summed E-state index contributed by atoms with van der Waals surface area (Å²) in [5.74, 6) is 0.0993. The highest BCUT2D eigenvalue weighted by Crippen LogP contribution is 2.32. The van der Waals surface area contributed by atoms with Crippen molar-refractivity contribution in [1.82, 2.24) is 9.88 Å². The van der Waals surface area contributed by atoms with E-state index in [0.29, 0.717) is 13.0 Å². The number of carbonyl (C=O) groups excluding carboxylic acids is 1. The number of thiazole rings is 1. The lowest BCUT2D eigenvalue weighted by Gasteiger charge is -2.22. The fraction of sp³-hybridized carbons (Fsp3) is 0.391. The molecule has 0 radical (unpaired) electrons. The van der Waals surface area contributed by atoms with Gasteiger partial charge in [0.2, 0.25) is 5.91 Å². The Morgan fingerprint density at radius 2 is 1.66 bits per heavy atom. The summed E-state index contributed by atoms with van der Waals surface area (Å²) in [5.41, 5.74) is 6.85. The first-order chi connectivity index (χ1) is 13.2. The van der Waals surface area contributed by atoms with Crippen molar-refractivity contribution in [2.24, 2.45) is 0 Å². The molecule has 3 rings (SSSR count). The molecule has 0 fully saturated rings. The maximum Gasteiger partial charge on any atom is 0.233 e. The molecule has 0 unspecified atom stereocenters. The number of aromatic nitrogens is 1. The lowest BCUT2D eigenvalue weighted by atomic mass is 10.0. The number of benzene rings is 2. The van der Waals surface area contributed by atoms with Crippen LogP contribution in [0.1, 0.15) is 27.8 Å². The van der Waals surface area contributed by atoms with E-state index in [4.69, 9.17) is 4.98 Å². The Bertz CT molecular complexity index is 1010. The van der Waals surface area contributed by atoms with Gasteiger partial charge in [0.05, 0.1) is 16.6 Å². The van der Waals surface area contributed by atoms with E-state index in [0.717, 1.165) is 38.6 Å². The Balaban J connectivity index is 0.00000300. The van der Waals surface area contributed by atoms with Gasteiger partial charge in [-0.05, 0) is 70.1 Å². The Hall–Kier alpha value is -1.95. The van der Waals surface area contributed by atoms with E-state index < -0.39 is 0 Å². The molecule has 6 heteroatoms. The van der Waals surface area contributed by atoms with Crippen LogP contribution in [0.4, 0.5) is 5.13 Å². The number of rotatable bonds is 6. The number of hydrogen-bond donors (Lipinski definition) is 0. The van der Waals surface area contributed by atoms with E-state index >= 15 is 0 Å². The van der Waals surface area contributed by atoms with E-state index in [1.165, 1.54) is 11.1 Å². The van der Waals surface area contributed by atoms with Crippen molar-refractivity contribution in [3.05, 3.63) is 58.1 Å². The lowest BCUT2D eigenvalue weighted by molar-refractivity contribution is -0.118. The van der Waals surface area contributed by atoms with E-state index in [9.17, 15) is 4.79 Å². The summed E-state index contributed by atoms with van der Waals surface area (Å²) < 4.78 is 1.14. The van der Waals surface area contributed by atoms with Crippen molar-refractivity contribution in [3.63, 3.8) is 0 Å². The molecule has 0 aliphatic rings. The van der Waals surface area contributed by atoms with E-state index in [1.807, 2.05) is 19.0 Å². The number of fused-ring (bicyclic) bond motifs is 1. The summed E-state index contributed by atoms with van der Waals surface area (Å²) >= 11 is 1.61. The lowest BCUT2D eigenvalue weighted by Crippen LogP contribution is -2.37. The van der Waals surface area contributed by atoms with Crippen molar-refractivity contribution in [1.29, 1.82) is 0 Å². The molecular weight excluding hydrogens is 402 g/mol. The van der Waals surface area contributed by atoms with Crippen LogP contribution in [0.25, 0.3) is 10.2 Å². The van der Waals surface area contributed by atoms with Crippen LogP contribution in [0.3, 0.4) is 0 Å². The molecule has 0 saturated carbocycles. The van der Waals surface area contributed by atoms with Crippen LogP contribution in [0.15, 0.2) is 30.3 Å². The third-order valence-electron chi connectivity index (χ3n) is 4.96. The second-order valence-corrected chi connectivity index (χ2v) is 8.89. The number of amides is 1. The first kappa shape index (κ1) is 23.3. The van der Waals surface area contributed by atoms with Crippen LogP contribution in [0, 0.1) is 27.7 Å². The molecule has 0 saturated heterocycles. The molecule has 3 aromatic rings. The van der Waals surface area contributed by atoms with Gasteiger partial charge in [-0.15, -0.1) is 12.4 Å². The highest BCUT2D eigenvalue weighted by molar-refractivity contribution is 7.22. The minimum Gasteiger partial charge on any atom is -0.308 e. The zero-order chi connectivity index (χ0) is 20.4. The monoisotopic (exact) mass is 431 g/mol. The van der Waals surface area contributed by atoms with Gasteiger partial charge in [-0.1, -0.05) is 41.2 Å². The van der Waals surface area contributed by atoms with Gasteiger partial charge in [0, 0.05) is 13.1 Å². The van der Waals surface area contributed by atoms with Gasteiger partial charge in [-0.2, -0.15) is 0 Å². The van der Waals surface area contributed by atoms with Crippen LogP contribution in [-0.4, -0.2) is 43.0 Å². The predicted molar refractivity (Wildman–Crippen MR) is 127 cm³/mol. The average Bonchev–Trinajstić information content (AvgIpc) is 3.01. The second kappa shape index (κ2) is 9.70. The molecule has 0 bridgehead atoms. The van der Waals surface area contributed by atoms with Crippen LogP contribution >= 0.6 is 23.7 Å². The predicted octanol–water partition coefficient (Wildman–Crippen LogP) is 5.09. The zero-order valence-electron chi connectivity index (χ0n) is 18.1. The fourth-order valence-corrected chi connectivity index (χ4v) is 4.59. The highest BCUT2D eigenvalue weighted by Gasteiger charge is 2.21. The molecule has 0 aliphatic carbocycles. The van der Waals surface area contributed by atoms with Crippen LogP contribution in [0.5, 0.6) is 0 Å². The Labute approximate surface area is 184 Å². The van der Waals surface area contributed by atoms with Gasteiger partial charge in [-0.25, -0.2) is 4.98 Å². The molecule has 1 amide bonds. The minimum absolute atomic E-state index is 0. The van der Waals surface area contributed by atoms with Gasteiger partial charge >= 0.3 is 0 Å². The molecule has 0 aliphatic heterocycles. The molecule has 4 nitrogen and oxygen atoms in total. The number of carbonyl (C=O) groups is 1. The summed E-state index contributed by atoms with van der Waals surface area (Å²) in [6.45, 7) is 9.76. The van der Waals surface area contributed by atoms with Gasteiger partial charge in [0.15, 0.2) is 5.13 Å². The molecule has 0 atom stereocenters. The van der Waals surface area contributed by atoms with E-state index in [2.05, 4.69) is 62.9 Å². The van der Waals surface area contributed by atoms with Crippen molar-refractivity contribution in [2.45, 2.75) is 34.1 Å². The summed E-state index contributed by atoms with van der Waals surface area (Å²) in [4.78, 5) is 22.1. The van der Waals surface area contributed by atoms with Crippen molar-refractivity contribution in [3.8, 4) is 0 Å². The van der Waals surface area contributed by atoms with Gasteiger partial charge in [0.25, 0.3) is 0 Å². The molecular formula is C23H30ClN3OS. The van der Waals surface area contributed by atoms with Gasteiger partial charge < -0.3 is 4.90 Å². The van der Waals surface area contributed by atoms with Gasteiger partial charge in [0.1, 0.15) is 0 Å². The van der Waals surface area contributed by atoms with E-state index in [1.54, 1.807) is 11.3 Å². The first-order valence-corrected chi connectivity index (χ1v) is 10.5. The quantitative estimate of drug-likeness (QED) is 0.545.